The Balaban J connectivity index is 1.63. The molecule has 168 valence electrons. The lowest BCUT2D eigenvalue weighted by atomic mass is 10.1. The van der Waals surface area contributed by atoms with Crippen LogP contribution in [0, 0.1) is 13.8 Å². The first kappa shape index (κ1) is 23.1. The highest BCUT2D eigenvalue weighted by atomic mass is 32.2. The maximum atomic E-state index is 12.6. The summed E-state index contributed by atoms with van der Waals surface area (Å²) in [6, 6.07) is 18.2. The molecular weight excluding hydrogens is 428 g/mol. The number of ether oxygens (including phenoxy) is 2. The third-order valence-corrected chi connectivity index (χ3v) is 6.17. The van der Waals surface area contributed by atoms with Crippen molar-refractivity contribution in [3.05, 3.63) is 77.9 Å². The van der Waals surface area contributed by atoms with Crippen molar-refractivity contribution in [3.63, 3.8) is 0 Å². The topological polar surface area (TPSA) is 93.7 Å². The van der Waals surface area contributed by atoms with Gasteiger partial charge in [0.05, 0.1) is 12.0 Å². The van der Waals surface area contributed by atoms with Crippen molar-refractivity contribution in [3.8, 4) is 11.5 Å². The molecule has 0 radical (unpaired) electrons. The van der Waals surface area contributed by atoms with Gasteiger partial charge in [-0.25, -0.2) is 8.42 Å². The van der Waals surface area contributed by atoms with Crippen molar-refractivity contribution in [2.45, 2.75) is 31.8 Å². The summed E-state index contributed by atoms with van der Waals surface area (Å²) >= 11 is 0. The maximum Gasteiger partial charge on any atom is 0.265 e. The molecule has 2 N–H and O–H groups in total. The van der Waals surface area contributed by atoms with Crippen LogP contribution in [0.25, 0.3) is 0 Å². The number of benzene rings is 3. The van der Waals surface area contributed by atoms with Crippen LogP contribution in [0.1, 0.15) is 18.1 Å². The summed E-state index contributed by atoms with van der Waals surface area (Å²) in [4.78, 5) is 12.6. The second-order valence-electron chi connectivity index (χ2n) is 7.38. The summed E-state index contributed by atoms with van der Waals surface area (Å²) in [5.74, 6) is 0.935. The fraction of sp³-hybridized carbons (Fsp3) is 0.208. The lowest BCUT2D eigenvalue weighted by Gasteiger charge is -2.17. The van der Waals surface area contributed by atoms with E-state index in [2.05, 4.69) is 10.0 Å². The van der Waals surface area contributed by atoms with E-state index in [0.717, 1.165) is 11.1 Å². The van der Waals surface area contributed by atoms with Gasteiger partial charge in [0.2, 0.25) is 0 Å². The van der Waals surface area contributed by atoms with Crippen LogP contribution in [0.3, 0.4) is 0 Å². The molecular formula is C24H26N2O5S. The summed E-state index contributed by atoms with van der Waals surface area (Å²) in [7, 11) is -2.23. The van der Waals surface area contributed by atoms with Crippen molar-refractivity contribution in [1.29, 1.82) is 0 Å². The van der Waals surface area contributed by atoms with Crippen LogP contribution in [-0.4, -0.2) is 27.5 Å². The molecule has 0 fully saturated rings. The van der Waals surface area contributed by atoms with E-state index in [1.54, 1.807) is 31.2 Å². The summed E-state index contributed by atoms with van der Waals surface area (Å²) in [5.41, 5.74) is 2.95. The zero-order chi connectivity index (χ0) is 23.3. The molecule has 3 aromatic carbocycles. The van der Waals surface area contributed by atoms with Crippen LogP contribution >= 0.6 is 0 Å². The van der Waals surface area contributed by atoms with Crippen molar-refractivity contribution >= 4 is 27.3 Å². The Bertz CT molecular complexity index is 1190. The van der Waals surface area contributed by atoms with E-state index in [9.17, 15) is 13.2 Å². The molecule has 1 atom stereocenters. The first-order valence-corrected chi connectivity index (χ1v) is 11.5. The Morgan fingerprint density at radius 2 is 1.53 bits per heavy atom. The molecule has 0 unspecified atom stereocenters. The molecule has 0 heterocycles. The number of hydrogen-bond donors (Lipinski definition) is 2. The highest BCUT2D eigenvalue weighted by Gasteiger charge is 2.18. The Morgan fingerprint density at radius 3 is 2.12 bits per heavy atom. The Morgan fingerprint density at radius 1 is 0.906 bits per heavy atom. The number of hydrogen-bond acceptors (Lipinski definition) is 5. The summed E-state index contributed by atoms with van der Waals surface area (Å²) in [5, 5.41) is 2.74. The van der Waals surface area contributed by atoms with Crippen LogP contribution in [-0.2, 0) is 14.8 Å². The second-order valence-corrected chi connectivity index (χ2v) is 9.06. The predicted molar refractivity (Wildman–Crippen MR) is 125 cm³/mol. The standard InChI is InChI=1S/C24H26N2O5S/c1-16-5-14-23(17(2)15-16)31-18(3)24(27)25-19-8-12-22(13-9-19)32(28,29)26-20-6-10-21(30-4)11-7-20/h5-15,18,26H,1-4H3,(H,25,27)/t18-/m1/s1. The van der Waals surface area contributed by atoms with Crippen molar-refractivity contribution in [1.82, 2.24) is 0 Å². The Hall–Kier alpha value is -3.52. The summed E-state index contributed by atoms with van der Waals surface area (Å²) in [6.07, 6.45) is -0.725. The van der Waals surface area contributed by atoms with Gasteiger partial charge in [-0.1, -0.05) is 17.7 Å². The van der Waals surface area contributed by atoms with E-state index in [1.165, 1.54) is 31.4 Å². The quantitative estimate of drug-likeness (QED) is 0.522. The normalized spacial score (nSPS) is 12.0. The largest absolute Gasteiger partial charge is 0.497 e. The number of methoxy groups -OCH3 is 1. The molecule has 32 heavy (non-hydrogen) atoms. The SMILES string of the molecule is COc1ccc(NS(=O)(=O)c2ccc(NC(=O)[C@@H](C)Oc3ccc(C)cc3C)cc2)cc1. The number of sulfonamides is 1. The monoisotopic (exact) mass is 454 g/mol. The number of carbonyl (C=O) groups is 1. The van der Waals surface area contributed by atoms with Crippen LogP contribution in [0.5, 0.6) is 11.5 Å². The van der Waals surface area contributed by atoms with E-state index in [-0.39, 0.29) is 10.8 Å². The summed E-state index contributed by atoms with van der Waals surface area (Å²) < 4.78 is 38.6. The van der Waals surface area contributed by atoms with Gasteiger partial charge in [0, 0.05) is 11.4 Å². The molecule has 3 aromatic rings. The zero-order valence-corrected chi connectivity index (χ0v) is 19.2. The van der Waals surface area contributed by atoms with Crippen molar-refractivity contribution < 1.29 is 22.7 Å². The lowest BCUT2D eigenvalue weighted by molar-refractivity contribution is -0.122. The van der Waals surface area contributed by atoms with Crippen LogP contribution in [0.4, 0.5) is 11.4 Å². The van der Waals surface area contributed by atoms with E-state index >= 15 is 0 Å². The minimum Gasteiger partial charge on any atom is -0.497 e. The zero-order valence-electron chi connectivity index (χ0n) is 18.4. The van der Waals surface area contributed by atoms with Crippen LogP contribution < -0.4 is 19.5 Å². The molecule has 8 heteroatoms. The number of rotatable bonds is 8. The molecule has 1 amide bonds. The predicted octanol–water partition coefficient (Wildman–Crippen LogP) is 4.52. The molecule has 0 spiro atoms. The van der Waals surface area contributed by atoms with Crippen molar-refractivity contribution in [2.24, 2.45) is 0 Å². The van der Waals surface area contributed by atoms with Crippen molar-refractivity contribution in [2.75, 3.05) is 17.1 Å². The van der Waals surface area contributed by atoms with E-state index in [4.69, 9.17) is 9.47 Å². The fourth-order valence-electron chi connectivity index (χ4n) is 3.01. The average molecular weight is 455 g/mol. The van der Waals surface area contributed by atoms with E-state index in [1.807, 2.05) is 32.0 Å². The molecule has 0 aliphatic rings. The van der Waals surface area contributed by atoms with Gasteiger partial charge in [-0.3, -0.25) is 9.52 Å². The minimum atomic E-state index is -3.77. The summed E-state index contributed by atoms with van der Waals surface area (Å²) in [6.45, 7) is 5.57. The molecule has 0 bridgehead atoms. The molecule has 3 rings (SSSR count). The Kier molecular flexibility index (Phi) is 7.05. The molecule has 0 aliphatic carbocycles. The van der Waals surface area contributed by atoms with Crippen LogP contribution in [0.15, 0.2) is 71.6 Å². The molecule has 0 saturated carbocycles. The third-order valence-electron chi connectivity index (χ3n) is 4.78. The second kappa shape index (κ2) is 9.74. The number of amides is 1. The molecule has 0 aromatic heterocycles. The molecule has 7 nitrogen and oxygen atoms in total. The number of aryl methyl sites for hydroxylation is 2. The van der Waals surface area contributed by atoms with Crippen LogP contribution in [0.2, 0.25) is 0 Å². The first-order chi connectivity index (χ1) is 15.2. The highest BCUT2D eigenvalue weighted by molar-refractivity contribution is 7.92. The van der Waals surface area contributed by atoms with E-state index < -0.39 is 16.1 Å². The van der Waals surface area contributed by atoms with Gasteiger partial charge >= 0.3 is 0 Å². The van der Waals surface area contributed by atoms with Gasteiger partial charge < -0.3 is 14.8 Å². The molecule has 0 saturated heterocycles. The van der Waals surface area contributed by atoms with E-state index in [0.29, 0.717) is 22.9 Å². The smallest absolute Gasteiger partial charge is 0.265 e. The number of nitrogens with one attached hydrogen (secondary N) is 2. The lowest BCUT2D eigenvalue weighted by Crippen LogP contribution is -2.30. The van der Waals surface area contributed by atoms with Gasteiger partial charge in [0.25, 0.3) is 15.9 Å². The fourth-order valence-corrected chi connectivity index (χ4v) is 4.07. The average Bonchev–Trinajstić information content (AvgIpc) is 2.76. The van der Waals surface area contributed by atoms with Gasteiger partial charge in [-0.2, -0.15) is 0 Å². The van der Waals surface area contributed by atoms with Gasteiger partial charge in [0.1, 0.15) is 11.5 Å². The van der Waals surface area contributed by atoms with Gasteiger partial charge in [0.15, 0.2) is 6.10 Å². The number of anilines is 2. The third kappa shape index (κ3) is 5.79. The minimum absolute atomic E-state index is 0.0749. The number of carbonyl (C=O) groups excluding carboxylic acids is 1. The van der Waals surface area contributed by atoms with Gasteiger partial charge in [-0.05, 0) is 80.9 Å². The molecule has 0 aliphatic heterocycles. The highest BCUT2D eigenvalue weighted by Crippen LogP contribution is 2.22. The Labute approximate surface area is 188 Å². The first-order valence-electron chi connectivity index (χ1n) is 9.99. The maximum absolute atomic E-state index is 12.6. The van der Waals surface area contributed by atoms with Gasteiger partial charge in [-0.15, -0.1) is 0 Å².